The number of amides is 10. The molecule has 0 aliphatic carbocycles. The second kappa shape index (κ2) is 31.7. The van der Waals surface area contributed by atoms with Gasteiger partial charge in [-0.3, -0.25) is 52.8 Å². The molecule has 0 aromatic carbocycles. The van der Waals surface area contributed by atoms with Gasteiger partial charge in [-0.05, 0) is 48.6 Å². The molecule has 10 amide bonds. The van der Waals surface area contributed by atoms with Crippen LogP contribution in [0, 0.1) is 0 Å². The van der Waals surface area contributed by atoms with E-state index in [1.807, 2.05) is 53.5 Å². The van der Waals surface area contributed by atoms with Crippen molar-refractivity contribution in [2.24, 2.45) is 5.73 Å². The fraction of sp³-hybridized carbons (Fsp3) is 0.730. The predicted molar refractivity (Wildman–Crippen MR) is 221 cm³/mol. The molecule has 58 heavy (non-hydrogen) atoms. The highest BCUT2D eigenvalue weighted by Gasteiger charge is 2.24. The lowest BCUT2D eigenvalue weighted by atomic mass is 10.1. The quantitative estimate of drug-likeness (QED) is 0.124. The Morgan fingerprint density at radius 1 is 0.397 bits per heavy atom. The number of primary amides is 1. The minimum atomic E-state index is -0.500. The van der Waals surface area contributed by atoms with Gasteiger partial charge in [0, 0.05) is 88.6 Å². The van der Waals surface area contributed by atoms with Crippen molar-refractivity contribution < 1.29 is 47.9 Å². The van der Waals surface area contributed by atoms with Crippen LogP contribution in [0.2, 0.25) is 0 Å². The van der Waals surface area contributed by atoms with Crippen LogP contribution in [0.25, 0.3) is 0 Å². The van der Waals surface area contributed by atoms with Crippen molar-refractivity contribution in [3.8, 4) is 0 Å². The van der Waals surface area contributed by atoms with Crippen molar-refractivity contribution in [3.05, 3.63) is 0 Å². The van der Waals surface area contributed by atoms with Gasteiger partial charge < -0.3 is 49.8 Å². The summed E-state index contributed by atoms with van der Waals surface area (Å²) in [6, 6.07) is 0. The van der Waals surface area contributed by atoms with E-state index < -0.39 is 5.91 Å². The minimum absolute atomic E-state index is 0.0104. The molecule has 0 heterocycles. The molecule has 0 aromatic rings. The summed E-state index contributed by atoms with van der Waals surface area (Å²) < 4.78 is 0. The van der Waals surface area contributed by atoms with Crippen LogP contribution in [0.5, 0.6) is 0 Å². The van der Waals surface area contributed by atoms with Gasteiger partial charge in [0.2, 0.25) is 60.6 Å². The van der Waals surface area contributed by atoms with Gasteiger partial charge in [-0.1, -0.05) is 0 Å². The Kier molecular flexibility index (Phi) is 32.5. The van der Waals surface area contributed by atoms with Crippen molar-refractivity contribution in [2.45, 2.75) is 47.1 Å². The van der Waals surface area contributed by atoms with Gasteiger partial charge in [0.15, 0.2) is 0 Å². The smallest absolute Gasteiger partial charge is 0.242 e. The second-order valence-corrected chi connectivity index (χ2v) is 14.5. The van der Waals surface area contributed by atoms with Crippen molar-refractivity contribution in [3.63, 3.8) is 0 Å². The molecule has 0 radical (unpaired) electrons. The Balaban J connectivity index is -0.000000396. The Hall–Kier alpha value is -5.34. The summed E-state index contributed by atoms with van der Waals surface area (Å²) in [6.07, 6.45) is 1.83. The fourth-order valence-electron chi connectivity index (χ4n) is 3.35. The fourth-order valence-corrected chi connectivity index (χ4v) is 3.35. The lowest BCUT2D eigenvalue weighted by Crippen LogP contribution is -2.48. The third-order valence-corrected chi connectivity index (χ3v) is 8.33. The maximum atomic E-state index is 12.3. The van der Waals surface area contributed by atoms with Gasteiger partial charge in [-0.25, -0.2) is 0 Å². The molecule has 0 fully saturated rings. The number of nitrogens with two attached hydrogens (primary N) is 1. The first-order valence-electron chi connectivity index (χ1n) is 18.5. The van der Waals surface area contributed by atoms with Crippen LogP contribution in [0.4, 0.5) is 0 Å². The Labute approximate surface area is 345 Å². The normalized spacial score (nSPS) is 9.95. The van der Waals surface area contributed by atoms with Gasteiger partial charge in [0.05, 0.1) is 45.8 Å². The number of carbonyl (C=O) groups is 10. The SMILES string of the molecule is CCN(C)C(=O)CN(C)C(=O)CN(C)C(=O)CN(C)C(=O)CN(C)C(C)(C)C.CCN(C)C(=O)CN(C)C=O.CCN(C)C(=O)CN(C)C=O.CN(C=O)CC(N)=O. The number of nitrogens with zero attached hydrogens (tertiary/aromatic N) is 10. The summed E-state index contributed by atoms with van der Waals surface area (Å²) >= 11 is 0. The van der Waals surface area contributed by atoms with Gasteiger partial charge in [-0.15, -0.1) is 0 Å². The molecular weight excluding hydrogens is 758 g/mol. The molecule has 21 nitrogen and oxygen atoms in total. The second-order valence-electron chi connectivity index (χ2n) is 14.5. The number of carbonyl (C=O) groups excluding carboxylic acids is 10. The van der Waals surface area contributed by atoms with Crippen LogP contribution in [0.1, 0.15) is 41.5 Å². The lowest BCUT2D eigenvalue weighted by Gasteiger charge is -2.32. The van der Waals surface area contributed by atoms with Crippen molar-refractivity contribution >= 4 is 60.6 Å². The molecule has 21 heteroatoms. The third kappa shape index (κ3) is 29.9. The summed E-state index contributed by atoms with van der Waals surface area (Å²) in [7, 11) is 16.2. The highest BCUT2D eigenvalue weighted by Crippen LogP contribution is 2.10. The van der Waals surface area contributed by atoms with Crippen LogP contribution in [-0.4, -0.2) is 251 Å². The summed E-state index contributed by atoms with van der Waals surface area (Å²) in [5.74, 6) is -1.59. The average molecular weight is 832 g/mol. The number of hydrogen-bond acceptors (Lipinski definition) is 11. The van der Waals surface area contributed by atoms with E-state index in [1.165, 1.54) is 55.4 Å². The Morgan fingerprint density at radius 2 is 0.621 bits per heavy atom. The predicted octanol–water partition coefficient (Wildman–Crippen LogP) is -2.76. The van der Waals surface area contributed by atoms with Crippen LogP contribution in [0.3, 0.4) is 0 Å². The molecule has 0 bridgehead atoms. The van der Waals surface area contributed by atoms with Crippen LogP contribution in [-0.2, 0) is 47.9 Å². The van der Waals surface area contributed by atoms with E-state index in [4.69, 9.17) is 5.73 Å². The molecule has 0 unspecified atom stereocenters. The van der Waals surface area contributed by atoms with Crippen molar-refractivity contribution in [2.75, 3.05) is 136 Å². The molecule has 0 atom stereocenters. The number of likely N-dealkylation sites (N-methyl/N-ethyl adjacent to an activating group) is 10. The van der Waals surface area contributed by atoms with Crippen LogP contribution >= 0.6 is 0 Å². The Morgan fingerprint density at radius 3 is 0.828 bits per heavy atom. The molecule has 0 aliphatic heterocycles. The summed E-state index contributed by atoms with van der Waals surface area (Å²) in [4.78, 5) is 125. The zero-order valence-electron chi connectivity index (χ0n) is 37.9. The molecule has 0 saturated carbocycles. The maximum Gasteiger partial charge on any atom is 0.242 e. The molecule has 0 spiro atoms. The van der Waals surface area contributed by atoms with Crippen molar-refractivity contribution in [1.82, 2.24) is 49.0 Å². The van der Waals surface area contributed by atoms with Crippen LogP contribution in [0.15, 0.2) is 0 Å². The average Bonchev–Trinajstić information content (AvgIpc) is 3.16. The Bertz CT molecular complexity index is 1280. The van der Waals surface area contributed by atoms with E-state index in [0.29, 0.717) is 38.9 Å². The van der Waals surface area contributed by atoms with Gasteiger partial charge in [-0.2, -0.15) is 0 Å². The molecular formula is C37H73N11O10. The van der Waals surface area contributed by atoms with E-state index >= 15 is 0 Å². The zero-order valence-corrected chi connectivity index (χ0v) is 37.9. The third-order valence-electron chi connectivity index (χ3n) is 8.33. The van der Waals surface area contributed by atoms with E-state index in [1.54, 1.807) is 52.1 Å². The highest BCUT2D eigenvalue weighted by atomic mass is 16.2. The van der Waals surface area contributed by atoms with Crippen molar-refractivity contribution in [1.29, 1.82) is 0 Å². The molecule has 0 aliphatic rings. The number of rotatable bonds is 20. The van der Waals surface area contributed by atoms with E-state index in [2.05, 4.69) is 0 Å². The van der Waals surface area contributed by atoms with E-state index in [0.717, 1.165) is 0 Å². The first kappa shape index (κ1) is 59.4. The molecule has 2 N–H and O–H groups in total. The van der Waals surface area contributed by atoms with E-state index in [-0.39, 0.29) is 86.8 Å². The first-order valence-corrected chi connectivity index (χ1v) is 18.5. The summed E-state index contributed by atoms with van der Waals surface area (Å²) in [5.41, 5.74) is 4.57. The molecule has 0 saturated heterocycles. The lowest BCUT2D eigenvalue weighted by molar-refractivity contribution is -0.144. The highest BCUT2D eigenvalue weighted by molar-refractivity contribution is 5.90. The largest absolute Gasteiger partial charge is 0.368 e. The zero-order chi connectivity index (χ0) is 46.5. The van der Waals surface area contributed by atoms with Crippen LogP contribution < -0.4 is 5.73 Å². The molecule has 336 valence electrons. The van der Waals surface area contributed by atoms with Gasteiger partial charge in [0.25, 0.3) is 0 Å². The first-order chi connectivity index (χ1) is 26.6. The topological polar surface area (TPSA) is 229 Å². The monoisotopic (exact) mass is 832 g/mol. The van der Waals surface area contributed by atoms with Gasteiger partial charge >= 0.3 is 0 Å². The van der Waals surface area contributed by atoms with Gasteiger partial charge in [0.1, 0.15) is 0 Å². The number of hydrogen-bond donors (Lipinski definition) is 1. The molecule has 0 rings (SSSR count). The minimum Gasteiger partial charge on any atom is -0.368 e. The molecule has 0 aromatic heterocycles. The standard InChI is InChI=1S/C19H37N5O4.2C7H14N2O2.C4H8N2O2/c1-10-20(5)15(25)11-21(6)16(26)12-22(7)17(27)13-23(8)18(28)14-24(9)19(2,3)4;2*1-4-9(3)7(11)5-8(2)6-10;1-6(3-7)2-4(5)8/h10-14H2,1-9H3;2*6H,4-5H2,1-3H3;3H,2H2,1H3,(H2,5,8). The van der Waals surface area contributed by atoms with E-state index in [9.17, 15) is 47.9 Å². The summed E-state index contributed by atoms with van der Waals surface area (Å²) in [5, 5.41) is 0. The summed E-state index contributed by atoms with van der Waals surface area (Å²) in [6.45, 7) is 13.8. The maximum absolute atomic E-state index is 12.3.